The topological polar surface area (TPSA) is 63.8 Å². The Labute approximate surface area is 111 Å². The lowest BCUT2D eigenvalue weighted by molar-refractivity contribution is 0.617. The maximum atomic E-state index is 13.1. The minimum atomic E-state index is -0.184. The van der Waals surface area contributed by atoms with E-state index in [2.05, 4.69) is 15.3 Å². The Morgan fingerprint density at radius 1 is 1.32 bits per heavy atom. The number of benzene rings is 1. The van der Waals surface area contributed by atoms with Crippen LogP contribution in [0.15, 0.2) is 30.5 Å². The van der Waals surface area contributed by atoms with Crippen molar-refractivity contribution in [2.45, 2.75) is 19.9 Å². The van der Waals surface area contributed by atoms with Crippen LogP contribution in [0.5, 0.6) is 0 Å². The Hall–Kier alpha value is -2.01. The van der Waals surface area contributed by atoms with E-state index >= 15 is 0 Å². The van der Waals surface area contributed by atoms with E-state index in [9.17, 15) is 4.39 Å². The molecule has 0 spiro atoms. The van der Waals surface area contributed by atoms with E-state index in [-0.39, 0.29) is 5.82 Å². The molecule has 2 aromatic rings. The summed E-state index contributed by atoms with van der Waals surface area (Å²) in [5.74, 6) is 1.29. The van der Waals surface area contributed by atoms with Gasteiger partial charge in [0.05, 0.1) is 0 Å². The summed E-state index contributed by atoms with van der Waals surface area (Å²) in [6.07, 6.45) is 2.36. The summed E-state index contributed by atoms with van der Waals surface area (Å²) in [5.41, 5.74) is 7.13. The van der Waals surface area contributed by atoms with Gasteiger partial charge in [0.15, 0.2) is 0 Å². The number of nitrogens with one attached hydrogen (secondary N) is 1. The van der Waals surface area contributed by atoms with Crippen LogP contribution < -0.4 is 11.1 Å². The third kappa shape index (κ3) is 3.72. The molecule has 0 radical (unpaired) electrons. The quantitative estimate of drug-likeness (QED) is 0.863. The van der Waals surface area contributed by atoms with Gasteiger partial charge in [0.2, 0.25) is 0 Å². The normalized spacial score (nSPS) is 10.5. The standard InChI is InChI=1S/C14H17FN4/c1-10-8-11(2-3-12(10)15)9-18-14-5-7-17-13(19-14)4-6-16/h2-3,5,7-8H,4,6,9,16H2,1H3,(H,17,18,19). The number of rotatable bonds is 5. The zero-order valence-electron chi connectivity index (χ0n) is 10.9. The molecular formula is C14H17FN4. The first-order valence-corrected chi connectivity index (χ1v) is 6.20. The van der Waals surface area contributed by atoms with Gasteiger partial charge in [-0.05, 0) is 36.7 Å². The Morgan fingerprint density at radius 3 is 2.89 bits per heavy atom. The van der Waals surface area contributed by atoms with Crippen molar-refractivity contribution in [2.24, 2.45) is 5.73 Å². The maximum absolute atomic E-state index is 13.1. The second kappa shape index (κ2) is 6.24. The summed E-state index contributed by atoms with van der Waals surface area (Å²) < 4.78 is 13.1. The molecule has 0 atom stereocenters. The van der Waals surface area contributed by atoms with Gasteiger partial charge in [-0.25, -0.2) is 14.4 Å². The number of halogens is 1. The fraction of sp³-hybridized carbons (Fsp3) is 0.286. The molecule has 3 N–H and O–H groups in total. The second-order valence-electron chi connectivity index (χ2n) is 4.33. The molecule has 2 rings (SSSR count). The molecule has 19 heavy (non-hydrogen) atoms. The van der Waals surface area contributed by atoms with E-state index in [1.807, 2.05) is 6.07 Å². The average molecular weight is 260 g/mol. The van der Waals surface area contributed by atoms with Crippen LogP contribution in [0.2, 0.25) is 0 Å². The molecule has 0 saturated carbocycles. The van der Waals surface area contributed by atoms with Crippen molar-refractivity contribution in [1.82, 2.24) is 9.97 Å². The molecule has 0 aliphatic carbocycles. The molecule has 1 aromatic carbocycles. The van der Waals surface area contributed by atoms with Crippen LogP contribution in [0.1, 0.15) is 17.0 Å². The van der Waals surface area contributed by atoms with Crippen LogP contribution in [0.3, 0.4) is 0 Å². The number of anilines is 1. The number of aryl methyl sites for hydroxylation is 1. The van der Waals surface area contributed by atoms with E-state index in [4.69, 9.17) is 5.73 Å². The van der Waals surface area contributed by atoms with Gasteiger partial charge in [0.25, 0.3) is 0 Å². The van der Waals surface area contributed by atoms with E-state index < -0.39 is 0 Å². The summed E-state index contributed by atoms with van der Waals surface area (Å²) in [5, 5.41) is 3.19. The van der Waals surface area contributed by atoms with Crippen molar-refractivity contribution < 1.29 is 4.39 Å². The molecule has 4 nitrogen and oxygen atoms in total. The Kier molecular flexibility index (Phi) is 4.41. The molecule has 1 heterocycles. The minimum Gasteiger partial charge on any atom is -0.366 e. The van der Waals surface area contributed by atoms with Crippen molar-refractivity contribution >= 4 is 5.82 Å². The zero-order valence-corrected chi connectivity index (χ0v) is 10.9. The molecule has 100 valence electrons. The highest BCUT2D eigenvalue weighted by molar-refractivity contribution is 5.35. The molecular weight excluding hydrogens is 243 g/mol. The molecule has 0 fully saturated rings. The van der Waals surface area contributed by atoms with Crippen molar-refractivity contribution in [3.05, 3.63) is 53.2 Å². The summed E-state index contributed by atoms with van der Waals surface area (Å²) in [6, 6.07) is 6.87. The maximum Gasteiger partial charge on any atom is 0.131 e. The molecule has 0 bridgehead atoms. The van der Waals surface area contributed by atoms with E-state index in [1.54, 1.807) is 25.3 Å². The largest absolute Gasteiger partial charge is 0.366 e. The summed E-state index contributed by atoms with van der Waals surface area (Å²) in [7, 11) is 0. The highest BCUT2D eigenvalue weighted by atomic mass is 19.1. The van der Waals surface area contributed by atoms with Gasteiger partial charge in [0.1, 0.15) is 17.5 Å². The van der Waals surface area contributed by atoms with Crippen molar-refractivity contribution in [2.75, 3.05) is 11.9 Å². The highest BCUT2D eigenvalue weighted by Gasteiger charge is 2.01. The number of nitrogens with two attached hydrogens (primary N) is 1. The average Bonchev–Trinajstić information content (AvgIpc) is 2.41. The first-order chi connectivity index (χ1) is 9.19. The number of hydrogen-bond acceptors (Lipinski definition) is 4. The first kappa shape index (κ1) is 13.4. The SMILES string of the molecule is Cc1cc(CNc2ccnc(CCN)n2)ccc1F. The predicted octanol–water partition coefficient (Wildman–Crippen LogP) is 2.04. The van der Waals surface area contributed by atoms with Crippen LogP contribution in [-0.2, 0) is 13.0 Å². The molecule has 1 aromatic heterocycles. The monoisotopic (exact) mass is 260 g/mol. The molecule has 0 saturated heterocycles. The molecule has 0 aliphatic rings. The lowest BCUT2D eigenvalue weighted by atomic mass is 10.1. The van der Waals surface area contributed by atoms with Crippen molar-refractivity contribution in [1.29, 1.82) is 0 Å². The zero-order chi connectivity index (χ0) is 13.7. The van der Waals surface area contributed by atoms with Gasteiger partial charge in [0, 0.05) is 19.2 Å². The number of aromatic nitrogens is 2. The Balaban J connectivity index is 2.01. The van der Waals surface area contributed by atoms with Gasteiger partial charge in [-0.2, -0.15) is 0 Å². The van der Waals surface area contributed by atoms with Crippen LogP contribution >= 0.6 is 0 Å². The number of hydrogen-bond donors (Lipinski definition) is 2. The third-order valence-electron chi connectivity index (χ3n) is 2.77. The minimum absolute atomic E-state index is 0.184. The summed E-state index contributed by atoms with van der Waals surface area (Å²) in [6.45, 7) is 2.88. The van der Waals surface area contributed by atoms with E-state index in [0.717, 1.165) is 17.2 Å². The smallest absolute Gasteiger partial charge is 0.131 e. The van der Waals surface area contributed by atoms with Gasteiger partial charge in [-0.3, -0.25) is 0 Å². The van der Waals surface area contributed by atoms with Gasteiger partial charge in [-0.15, -0.1) is 0 Å². The van der Waals surface area contributed by atoms with Crippen LogP contribution in [0.4, 0.5) is 10.2 Å². The van der Waals surface area contributed by atoms with Crippen LogP contribution in [-0.4, -0.2) is 16.5 Å². The van der Waals surface area contributed by atoms with Crippen LogP contribution in [0.25, 0.3) is 0 Å². The van der Waals surface area contributed by atoms with Gasteiger partial charge < -0.3 is 11.1 Å². The highest BCUT2D eigenvalue weighted by Crippen LogP contribution is 2.11. The lowest BCUT2D eigenvalue weighted by Gasteiger charge is -2.07. The van der Waals surface area contributed by atoms with Crippen LogP contribution in [0, 0.1) is 12.7 Å². The van der Waals surface area contributed by atoms with Crippen molar-refractivity contribution in [3.8, 4) is 0 Å². The molecule has 0 aliphatic heterocycles. The molecule has 0 amide bonds. The predicted molar refractivity (Wildman–Crippen MR) is 73.3 cm³/mol. The van der Waals surface area contributed by atoms with E-state index in [1.165, 1.54) is 6.07 Å². The number of nitrogens with zero attached hydrogens (tertiary/aromatic N) is 2. The fourth-order valence-corrected chi connectivity index (χ4v) is 1.76. The van der Waals surface area contributed by atoms with Gasteiger partial charge >= 0.3 is 0 Å². The lowest BCUT2D eigenvalue weighted by Crippen LogP contribution is -2.08. The second-order valence-corrected chi connectivity index (χ2v) is 4.33. The third-order valence-corrected chi connectivity index (χ3v) is 2.77. The molecule has 0 unspecified atom stereocenters. The molecule has 5 heteroatoms. The van der Waals surface area contributed by atoms with Crippen molar-refractivity contribution in [3.63, 3.8) is 0 Å². The summed E-state index contributed by atoms with van der Waals surface area (Å²) >= 11 is 0. The fourth-order valence-electron chi connectivity index (χ4n) is 1.76. The Bertz CT molecular complexity index is 557. The summed E-state index contributed by atoms with van der Waals surface area (Å²) in [4.78, 5) is 8.47. The van der Waals surface area contributed by atoms with E-state index in [0.29, 0.717) is 25.1 Å². The first-order valence-electron chi connectivity index (χ1n) is 6.20. The van der Waals surface area contributed by atoms with Gasteiger partial charge in [-0.1, -0.05) is 12.1 Å². The Morgan fingerprint density at radius 2 is 2.16 bits per heavy atom.